The van der Waals surface area contributed by atoms with E-state index in [-0.39, 0.29) is 11.7 Å². The Morgan fingerprint density at radius 1 is 1.60 bits per heavy atom. The first kappa shape index (κ1) is 11.5. The van der Waals surface area contributed by atoms with Gasteiger partial charge >= 0.3 is 0 Å². The maximum absolute atomic E-state index is 11.5. The maximum Gasteiger partial charge on any atom is 0.181 e. The zero-order valence-electron chi connectivity index (χ0n) is 8.50. The summed E-state index contributed by atoms with van der Waals surface area (Å²) in [7, 11) is 1.46. The van der Waals surface area contributed by atoms with Crippen molar-refractivity contribution in [2.75, 3.05) is 13.0 Å². The summed E-state index contributed by atoms with van der Waals surface area (Å²) >= 11 is 5.47. The van der Waals surface area contributed by atoms with Crippen LogP contribution in [0.1, 0.15) is 21.5 Å². The SMILES string of the molecule is COc1cc(C#N)c(C)cc1C(=O)CCl. The molecule has 0 heterocycles. The van der Waals surface area contributed by atoms with Gasteiger partial charge in [0.2, 0.25) is 0 Å². The van der Waals surface area contributed by atoms with Gasteiger partial charge in [-0.05, 0) is 24.6 Å². The molecule has 1 aromatic carbocycles. The lowest BCUT2D eigenvalue weighted by atomic mass is 10.0. The van der Waals surface area contributed by atoms with Gasteiger partial charge in [0.25, 0.3) is 0 Å². The number of hydrogen-bond donors (Lipinski definition) is 0. The van der Waals surface area contributed by atoms with Crippen molar-refractivity contribution < 1.29 is 9.53 Å². The minimum Gasteiger partial charge on any atom is -0.496 e. The minimum atomic E-state index is -0.207. The molecule has 1 aromatic rings. The summed E-state index contributed by atoms with van der Waals surface area (Å²) in [6, 6.07) is 5.21. The largest absolute Gasteiger partial charge is 0.496 e. The van der Waals surface area contributed by atoms with Gasteiger partial charge in [0.1, 0.15) is 5.75 Å². The molecule has 0 aliphatic heterocycles. The molecule has 15 heavy (non-hydrogen) atoms. The first-order valence-electron chi connectivity index (χ1n) is 4.32. The highest BCUT2D eigenvalue weighted by atomic mass is 35.5. The van der Waals surface area contributed by atoms with E-state index in [0.29, 0.717) is 16.9 Å². The molecule has 0 atom stereocenters. The number of Topliss-reactive ketones (excluding diaryl/α,β-unsaturated/α-hetero) is 1. The molecule has 0 saturated carbocycles. The number of benzene rings is 1. The fourth-order valence-corrected chi connectivity index (χ4v) is 1.41. The zero-order chi connectivity index (χ0) is 11.4. The standard InChI is InChI=1S/C11H10ClNO2/c1-7-3-9(10(14)5-12)11(15-2)4-8(7)6-13/h3-4H,5H2,1-2H3. The van der Waals surface area contributed by atoms with Gasteiger partial charge in [0.05, 0.1) is 30.2 Å². The summed E-state index contributed by atoms with van der Waals surface area (Å²) in [5.74, 6) is 0.0886. The van der Waals surface area contributed by atoms with Crippen LogP contribution in [0.4, 0.5) is 0 Å². The number of ether oxygens (including phenoxy) is 1. The number of rotatable bonds is 3. The Labute approximate surface area is 93.2 Å². The van der Waals surface area contributed by atoms with Crippen LogP contribution >= 0.6 is 11.6 Å². The highest BCUT2D eigenvalue weighted by Crippen LogP contribution is 2.23. The first-order chi connectivity index (χ1) is 7.13. The van der Waals surface area contributed by atoms with Gasteiger partial charge in [-0.1, -0.05) is 0 Å². The number of halogens is 1. The summed E-state index contributed by atoms with van der Waals surface area (Å²) < 4.78 is 5.04. The van der Waals surface area contributed by atoms with E-state index in [2.05, 4.69) is 0 Å². The van der Waals surface area contributed by atoms with Crippen molar-refractivity contribution in [3.63, 3.8) is 0 Å². The molecule has 78 valence electrons. The van der Waals surface area contributed by atoms with E-state index >= 15 is 0 Å². The smallest absolute Gasteiger partial charge is 0.181 e. The van der Waals surface area contributed by atoms with Crippen molar-refractivity contribution in [2.45, 2.75) is 6.92 Å². The van der Waals surface area contributed by atoms with Crippen LogP contribution in [0.2, 0.25) is 0 Å². The molecular weight excluding hydrogens is 214 g/mol. The molecule has 0 aliphatic carbocycles. The van der Waals surface area contributed by atoms with Crippen LogP contribution in [0.15, 0.2) is 12.1 Å². The van der Waals surface area contributed by atoms with Crippen LogP contribution < -0.4 is 4.74 Å². The van der Waals surface area contributed by atoms with Crippen LogP contribution in [0.25, 0.3) is 0 Å². The molecular formula is C11H10ClNO2. The van der Waals surface area contributed by atoms with Crippen molar-refractivity contribution in [3.05, 3.63) is 28.8 Å². The Bertz CT molecular complexity index is 435. The van der Waals surface area contributed by atoms with E-state index in [1.54, 1.807) is 19.1 Å². The molecule has 0 unspecified atom stereocenters. The third-order valence-corrected chi connectivity index (χ3v) is 2.33. The van der Waals surface area contributed by atoms with Gasteiger partial charge in [-0.15, -0.1) is 11.6 Å². The molecule has 0 N–H and O–H groups in total. The minimum absolute atomic E-state index is 0.0955. The van der Waals surface area contributed by atoms with Gasteiger partial charge in [-0.2, -0.15) is 5.26 Å². The van der Waals surface area contributed by atoms with E-state index in [0.717, 1.165) is 5.56 Å². The lowest BCUT2D eigenvalue weighted by molar-refractivity contribution is 0.101. The highest BCUT2D eigenvalue weighted by molar-refractivity contribution is 6.30. The molecule has 0 saturated heterocycles. The fraction of sp³-hybridized carbons (Fsp3) is 0.273. The van der Waals surface area contributed by atoms with Gasteiger partial charge in [0.15, 0.2) is 5.78 Å². The van der Waals surface area contributed by atoms with Gasteiger partial charge in [-0.3, -0.25) is 4.79 Å². The molecule has 0 amide bonds. The Morgan fingerprint density at radius 2 is 2.27 bits per heavy atom. The third kappa shape index (κ3) is 2.28. The molecule has 0 radical (unpaired) electrons. The topological polar surface area (TPSA) is 50.1 Å². The number of nitriles is 1. The zero-order valence-corrected chi connectivity index (χ0v) is 9.26. The summed E-state index contributed by atoms with van der Waals surface area (Å²) in [5.41, 5.74) is 1.66. The molecule has 0 bridgehead atoms. The van der Waals surface area contributed by atoms with Crippen molar-refractivity contribution in [3.8, 4) is 11.8 Å². The van der Waals surface area contributed by atoms with Crippen molar-refractivity contribution >= 4 is 17.4 Å². The Morgan fingerprint density at radius 3 is 2.73 bits per heavy atom. The summed E-state index contributed by atoms with van der Waals surface area (Å²) in [4.78, 5) is 11.5. The molecule has 0 fully saturated rings. The monoisotopic (exact) mass is 223 g/mol. The molecule has 3 nitrogen and oxygen atoms in total. The number of carbonyl (C=O) groups excluding carboxylic acids is 1. The molecule has 4 heteroatoms. The molecule has 0 aliphatic rings. The lowest BCUT2D eigenvalue weighted by Gasteiger charge is -2.08. The van der Waals surface area contributed by atoms with Gasteiger partial charge < -0.3 is 4.74 Å². The first-order valence-corrected chi connectivity index (χ1v) is 4.85. The predicted octanol–water partition coefficient (Wildman–Crippen LogP) is 2.30. The van der Waals surface area contributed by atoms with E-state index in [9.17, 15) is 4.79 Å². The number of aryl methyl sites for hydroxylation is 1. The summed E-state index contributed by atoms with van der Waals surface area (Å²) in [5, 5.41) is 8.81. The lowest BCUT2D eigenvalue weighted by Crippen LogP contribution is -2.04. The van der Waals surface area contributed by atoms with E-state index < -0.39 is 0 Å². The number of ketones is 1. The highest BCUT2D eigenvalue weighted by Gasteiger charge is 2.13. The second-order valence-electron chi connectivity index (χ2n) is 3.04. The van der Waals surface area contributed by atoms with Crippen LogP contribution in [0, 0.1) is 18.3 Å². The normalized spacial score (nSPS) is 9.47. The van der Waals surface area contributed by atoms with Crippen molar-refractivity contribution in [1.29, 1.82) is 5.26 Å². The van der Waals surface area contributed by atoms with Crippen LogP contribution in [0.5, 0.6) is 5.75 Å². The average molecular weight is 224 g/mol. The molecule has 1 rings (SSSR count). The van der Waals surface area contributed by atoms with Crippen molar-refractivity contribution in [1.82, 2.24) is 0 Å². The number of nitrogens with zero attached hydrogens (tertiary/aromatic N) is 1. The Kier molecular flexibility index (Phi) is 3.70. The fourth-order valence-electron chi connectivity index (χ4n) is 1.27. The van der Waals surface area contributed by atoms with Crippen LogP contribution in [-0.4, -0.2) is 18.8 Å². The third-order valence-electron chi connectivity index (χ3n) is 2.09. The summed E-state index contributed by atoms with van der Waals surface area (Å²) in [6.07, 6.45) is 0. The Balaban J connectivity index is 3.35. The van der Waals surface area contributed by atoms with E-state index in [1.807, 2.05) is 6.07 Å². The second-order valence-corrected chi connectivity index (χ2v) is 3.30. The van der Waals surface area contributed by atoms with Gasteiger partial charge in [-0.25, -0.2) is 0 Å². The number of hydrogen-bond acceptors (Lipinski definition) is 3. The molecule has 0 spiro atoms. The number of carbonyl (C=O) groups is 1. The van der Waals surface area contributed by atoms with Crippen LogP contribution in [0.3, 0.4) is 0 Å². The van der Waals surface area contributed by atoms with Crippen molar-refractivity contribution in [2.24, 2.45) is 0 Å². The maximum atomic E-state index is 11.5. The van der Waals surface area contributed by atoms with Gasteiger partial charge in [0, 0.05) is 0 Å². The second kappa shape index (κ2) is 4.81. The average Bonchev–Trinajstić information content (AvgIpc) is 2.27. The quantitative estimate of drug-likeness (QED) is 0.584. The molecule has 0 aromatic heterocycles. The van der Waals surface area contributed by atoms with E-state index in [4.69, 9.17) is 21.6 Å². The number of alkyl halides is 1. The number of methoxy groups -OCH3 is 1. The Hall–Kier alpha value is -1.53. The van der Waals surface area contributed by atoms with Crippen LogP contribution in [-0.2, 0) is 0 Å². The summed E-state index contributed by atoms with van der Waals surface area (Å²) in [6.45, 7) is 1.77. The predicted molar refractivity (Wildman–Crippen MR) is 57.5 cm³/mol. The van der Waals surface area contributed by atoms with E-state index in [1.165, 1.54) is 7.11 Å².